The summed E-state index contributed by atoms with van der Waals surface area (Å²) in [7, 11) is 1.68. The van der Waals surface area contributed by atoms with Gasteiger partial charge in [-0.2, -0.15) is 0 Å². The van der Waals surface area contributed by atoms with E-state index in [-0.39, 0.29) is 5.60 Å². The van der Waals surface area contributed by atoms with Crippen LogP contribution in [0.3, 0.4) is 0 Å². The lowest BCUT2D eigenvalue weighted by Crippen LogP contribution is -2.25. The highest BCUT2D eigenvalue weighted by molar-refractivity contribution is 5.79. The van der Waals surface area contributed by atoms with E-state index < -0.39 is 0 Å². The second-order valence-electron chi connectivity index (χ2n) is 4.22. The molecular weight excluding hydrogens is 204 g/mol. The zero-order valence-electron chi connectivity index (χ0n) is 10.0. The molecule has 16 heavy (non-hydrogen) atoms. The number of ether oxygens (including phenoxy) is 2. The van der Waals surface area contributed by atoms with Gasteiger partial charge in [-0.05, 0) is 26.0 Å². The lowest BCUT2D eigenvalue weighted by atomic mass is 10.1. The summed E-state index contributed by atoms with van der Waals surface area (Å²) in [5, 5.41) is 0. The van der Waals surface area contributed by atoms with Gasteiger partial charge in [-0.1, -0.05) is 12.1 Å². The van der Waals surface area contributed by atoms with Crippen molar-refractivity contribution in [3.63, 3.8) is 0 Å². The molecule has 0 bridgehead atoms. The van der Waals surface area contributed by atoms with Crippen molar-refractivity contribution in [3.05, 3.63) is 29.8 Å². The fourth-order valence-electron chi connectivity index (χ4n) is 1.22. The monoisotopic (exact) mass is 222 g/mol. The Hall–Kier alpha value is -1.35. The number of rotatable bonds is 6. The Bertz CT molecular complexity index is 345. The third-order valence-corrected chi connectivity index (χ3v) is 2.56. The molecule has 3 heteroatoms. The highest BCUT2D eigenvalue weighted by Gasteiger charge is 2.16. The number of hydrogen-bond donors (Lipinski definition) is 0. The second-order valence-corrected chi connectivity index (χ2v) is 4.22. The summed E-state index contributed by atoms with van der Waals surface area (Å²) < 4.78 is 10.8. The van der Waals surface area contributed by atoms with E-state index in [4.69, 9.17) is 9.47 Å². The van der Waals surface area contributed by atoms with Crippen LogP contribution in [0.4, 0.5) is 0 Å². The third-order valence-electron chi connectivity index (χ3n) is 2.56. The van der Waals surface area contributed by atoms with Crippen molar-refractivity contribution in [2.45, 2.75) is 25.9 Å². The van der Waals surface area contributed by atoms with Crippen molar-refractivity contribution in [3.8, 4) is 5.75 Å². The average Bonchev–Trinajstić information content (AvgIpc) is 2.29. The van der Waals surface area contributed by atoms with Gasteiger partial charge in [0.25, 0.3) is 0 Å². The van der Waals surface area contributed by atoms with Crippen molar-refractivity contribution in [2.75, 3.05) is 13.7 Å². The molecule has 3 nitrogen and oxygen atoms in total. The molecule has 0 heterocycles. The Morgan fingerprint density at radius 2 is 2.00 bits per heavy atom. The zero-order valence-corrected chi connectivity index (χ0v) is 10.0. The molecule has 0 aromatic heterocycles. The molecular formula is C13H18O3. The highest BCUT2D eigenvalue weighted by atomic mass is 16.5. The van der Waals surface area contributed by atoms with Crippen molar-refractivity contribution >= 4 is 6.29 Å². The van der Waals surface area contributed by atoms with Crippen molar-refractivity contribution in [2.24, 2.45) is 0 Å². The number of benzene rings is 1. The maximum atomic E-state index is 10.7. The van der Waals surface area contributed by atoms with Crippen LogP contribution in [0.25, 0.3) is 0 Å². The van der Waals surface area contributed by atoms with Gasteiger partial charge in [-0.3, -0.25) is 4.79 Å². The van der Waals surface area contributed by atoms with Crippen molar-refractivity contribution < 1.29 is 14.3 Å². The van der Waals surface area contributed by atoms with Gasteiger partial charge in [0.1, 0.15) is 5.75 Å². The molecule has 0 unspecified atom stereocenters. The number of para-hydroxylation sites is 1. The molecule has 0 aliphatic rings. The standard InChI is InChI=1S/C13H18O3/c1-13(2,15-3)8-9-16-12-7-5-4-6-11(12)10-14/h4-7,10H,8-9H2,1-3H3. The van der Waals surface area contributed by atoms with Gasteiger partial charge >= 0.3 is 0 Å². The summed E-state index contributed by atoms with van der Waals surface area (Å²) in [6, 6.07) is 7.20. The molecule has 0 spiro atoms. The van der Waals surface area contributed by atoms with E-state index in [1.807, 2.05) is 26.0 Å². The van der Waals surface area contributed by atoms with Gasteiger partial charge in [0.15, 0.2) is 6.29 Å². The van der Waals surface area contributed by atoms with E-state index in [0.717, 1.165) is 12.7 Å². The summed E-state index contributed by atoms with van der Waals surface area (Å²) in [6.45, 7) is 4.54. The van der Waals surface area contributed by atoms with E-state index >= 15 is 0 Å². The Balaban J connectivity index is 2.52. The Morgan fingerprint density at radius 3 is 2.62 bits per heavy atom. The molecule has 0 aliphatic heterocycles. The van der Waals surface area contributed by atoms with Gasteiger partial charge < -0.3 is 9.47 Å². The van der Waals surface area contributed by atoms with Crippen LogP contribution in [0.1, 0.15) is 30.6 Å². The number of methoxy groups -OCH3 is 1. The predicted molar refractivity (Wildman–Crippen MR) is 63.0 cm³/mol. The first kappa shape index (κ1) is 12.7. The van der Waals surface area contributed by atoms with Crippen molar-refractivity contribution in [1.29, 1.82) is 0 Å². The average molecular weight is 222 g/mol. The number of aldehydes is 1. The first-order valence-electron chi connectivity index (χ1n) is 5.31. The fourth-order valence-corrected chi connectivity index (χ4v) is 1.22. The first-order chi connectivity index (χ1) is 7.59. The van der Waals surface area contributed by atoms with Gasteiger partial charge in [0.05, 0.1) is 17.8 Å². The molecule has 0 radical (unpaired) electrons. The second kappa shape index (κ2) is 5.66. The molecule has 0 fully saturated rings. The summed E-state index contributed by atoms with van der Waals surface area (Å²) >= 11 is 0. The van der Waals surface area contributed by atoms with E-state index in [1.54, 1.807) is 19.2 Å². The normalized spacial score (nSPS) is 11.2. The van der Waals surface area contributed by atoms with Gasteiger partial charge in [-0.15, -0.1) is 0 Å². The van der Waals surface area contributed by atoms with Crippen LogP contribution in [0, 0.1) is 0 Å². The molecule has 0 aliphatic carbocycles. The van der Waals surface area contributed by atoms with E-state index in [1.165, 1.54) is 0 Å². The summed E-state index contributed by atoms with van der Waals surface area (Å²) in [5.74, 6) is 0.629. The number of carbonyl (C=O) groups is 1. The largest absolute Gasteiger partial charge is 0.493 e. The maximum absolute atomic E-state index is 10.7. The minimum atomic E-state index is -0.198. The van der Waals surface area contributed by atoms with Crippen LogP contribution in [0.2, 0.25) is 0 Å². The quantitative estimate of drug-likeness (QED) is 0.694. The Kier molecular flexibility index (Phi) is 4.50. The molecule has 0 N–H and O–H groups in total. The summed E-state index contributed by atoms with van der Waals surface area (Å²) in [6.07, 6.45) is 1.58. The molecule has 1 rings (SSSR count). The predicted octanol–water partition coefficient (Wildman–Crippen LogP) is 2.69. The SMILES string of the molecule is COC(C)(C)CCOc1ccccc1C=O. The molecule has 0 atom stereocenters. The first-order valence-corrected chi connectivity index (χ1v) is 5.31. The number of hydrogen-bond acceptors (Lipinski definition) is 3. The topological polar surface area (TPSA) is 35.5 Å². The Labute approximate surface area is 96.4 Å². The minimum Gasteiger partial charge on any atom is -0.493 e. The van der Waals surface area contributed by atoms with E-state index in [0.29, 0.717) is 17.9 Å². The third kappa shape index (κ3) is 3.66. The highest BCUT2D eigenvalue weighted by Crippen LogP contribution is 2.18. The van der Waals surface area contributed by atoms with Crippen LogP contribution >= 0.6 is 0 Å². The molecule has 1 aromatic rings. The van der Waals surface area contributed by atoms with E-state index in [9.17, 15) is 4.79 Å². The lowest BCUT2D eigenvalue weighted by molar-refractivity contribution is 0.00543. The van der Waals surface area contributed by atoms with Crippen LogP contribution in [-0.4, -0.2) is 25.6 Å². The summed E-state index contributed by atoms with van der Waals surface area (Å²) in [4.78, 5) is 10.7. The van der Waals surface area contributed by atoms with Crippen LogP contribution in [0.5, 0.6) is 5.75 Å². The van der Waals surface area contributed by atoms with Crippen LogP contribution in [-0.2, 0) is 4.74 Å². The van der Waals surface area contributed by atoms with Gasteiger partial charge in [0.2, 0.25) is 0 Å². The zero-order chi connectivity index (χ0) is 12.0. The van der Waals surface area contributed by atoms with Gasteiger partial charge in [0, 0.05) is 13.5 Å². The van der Waals surface area contributed by atoms with Crippen LogP contribution < -0.4 is 4.74 Å². The van der Waals surface area contributed by atoms with E-state index in [2.05, 4.69) is 0 Å². The number of carbonyl (C=O) groups excluding carboxylic acids is 1. The Morgan fingerprint density at radius 1 is 1.31 bits per heavy atom. The maximum Gasteiger partial charge on any atom is 0.153 e. The molecule has 0 saturated carbocycles. The van der Waals surface area contributed by atoms with Gasteiger partial charge in [-0.25, -0.2) is 0 Å². The minimum absolute atomic E-state index is 0.198. The fraction of sp³-hybridized carbons (Fsp3) is 0.462. The molecule has 0 saturated heterocycles. The summed E-state index contributed by atoms with van der Waals surface area (Å²) in [5.41, 5.74) is 0.383. The molecule has 0 amide bonds. The van der Waals surface area contributed by atoms with Crippen molar-refractivity contribution in [1.82, 2.24) is 0 Å². The molecule has 88 valence electrons. The molecule has 1 aromatic carbocycles. The lowest BCUT2D eigenvalue weighted by Gasteiger charge is -2.22. The van der Waals surface area contributed by atoms with Crippen LogP contribution in [0.15, 0.2) is 24.3 Å². The smallest absolute Gasteiger partial charge is 0.153 e.